The minimum absolute atomic E-state index is 0.0156. The van der Waals surface area contributed by atoms with E-state index in [2.05, 4.69) is 21.2 Å². The average molecular weight is 375 g/mol. The van der Waals surface area contributed by atoms with Crippen molar-refractivity contribution in [2.45, 2.75) is 18.9 Å². The van der Waals surface area contributed by atoms with Crippen LogP contribution in [0.15, 0.2) is 46.9 Å². The highest BCUT2D eigenvalue weighted by molar-refractivity contribution is 9.10. The maximum atomic E-state index is 12.3. The predicted octanol–water partition coefficient (Wildman–Crippen LogP) is 4.12. The van der Waals surface area contributed by atoms with E-state index < -0.39 is 0 Å². The second-order valence-electron chi connectivity index (χ2n) is 5.70. The Kier molecular flexibility index (Phi) is 4.57. The van der Waals surface area contributed by atoms with E-state index in [0.717, 1.165) is 34.4 Å². The van der Waals surface area contributed by atoms with Gasteiger partial charge in [0.2, 0.25) is 0 Å². The van der Waals surface area contributed by atoms with Gasteiger partial charge in [-0.05, 0) is 55.3 Å². The van der Waals surface area contributed by atoms with Crippen molar-refractivity contribution in [2.24, 2.45) is 0 Å². The van der Waals surface area contributed by atoms with Crippen LogP contribution < -0.4 is 15.0 Å². The Labute approximate surface area is 144 Å². The minimum atomic E-state index is -0.0156. The van der Waals surface area contributed by atoms with Crippen molar-refractivity contribution in [2.75, 3.05) is 19.1 Å². The highest BCUT2D eigenvalue weighted by Crippen LogP contribution is 2.29. The first-order valence-electron chi connectivity index (χ1n) is 7.56. The SMILES string of the molecule is COc1ccc(N(C)c2cc(Br)cc(C(=O)NC3CC3)c2)cc1. The molecular formula is C18H19BrN2O2. The van der Waals surface area contributed by atoms with Gasteiger partial charge in [-0.2, -0.15) is 0 Å². The lowest BCUT2D eigenvalue weighted by molar-refractivity contribution is 0.0951. The number of rotatable bonds is 5. The molecule has 1 fully saturated rings. The average Bonchev–Trinajstić information content (AvgIpc) is 3.37. The number of halogens is 1. The summed E-state index contributed by atoms with van der Waals surface area (Å²) in [4.78, 5) is 14.3. The molecule has 1 aliphatic rings. The molecule has 3 rings (SSSR count). The van der Waals surface area contributed by atoms with Gasteiger partial charge in [0.15, 0.2) is 0 Å². The van der Waals surface area contributed by atoms with Crippen molar-refractivity contribution < 1.29 is 9.53 Å². The highest BCUT2D eigenvalue weighted by atomic mass is 79.9. The van der Waals surface area contributed by atoms with Crippen LogP contribution in [0.3, 0.4) is 0 Å². The summed E-state index contributed by atoms with van der Waals surface area (Å²) < 4.78 is 6.07. The second-order valence-corrected chi connectivity index (χ2v) is 6.62. The Balaban J connectivity index is 1.85. The standard InChI is InChI=1S/C18H19BrN2O2/c1-21(15-5-7-17(23-2)8-6-15)16-10-12(9-13(19)11-16)18(22)20-14-3-4-14/h5-11,14H,3-4H2,1-2H3,(H,20,22). The van der Waals surface area contributed by atoms with Crippen LogP contribution in [-0.2, 0) is 0 Å². The van der Waals surface area contributed by atoms with Crippen molar-refractivity contribution >= 4 is 33.2 Å². The summed E-state index contributed by atoms with van der Waals surface area (Å²) in [6, 6.07) is 13.9. The fourth-order valence-electron chi connectivity index (χ4n) is 2.35. The van der Waals surface area contributed by atoms with Crippen LogP contribution in [0.25, 0.3) is 0 Å². The largest absolute Gasteiger partial charge is 0.497 e. The molecule has 1 saturated carbocycles. The lowest BCUT2D eigenvalue weighted by Gasteiger charge is -2.21. The van der Waals surface area contributed by atoms with Crippen LogP contribution in [-0.4, -0.2) is 26.1 Å². The fraction of sp³-hybridized carbons (Fsp3) is 0.278. The van der Waals surface area contributed by atoms with E-state index >= 15 is 0 Å². The number of methoxy groups -OCH3 is 1. The molecule has 0 bridgehead atoms. The molecular weight excluding hydrogens is 356 g/mol. The molecule has 0 aromatic heterocycles. The summed E-state index contributed by atoms with van der Waals surface area (Å²) >= 11 is 3.50. The normalized spacial score (nSPS) is 13.5. The lowest BCUT2D eigenvalue weighted by Crippen LogP contribution is -2.25. The molecule has 4 nitrogen and oxygen atoms in total. The summed E-state index contributed by atoms with van der Waals surface area (Å²) in [6.45, 7) is 0. The van der Waals surface area contributed by atoms with Gasteiger partial charge in [0, 0.05) is 34.5 Å². The van der Waals surface area contributed by atoms with Crippen molar-refractivity contribution in [3.63, 3.8) is 0 Å². The molecule has 0 spiro atoms. The molecule has 1 aliphatic carbocycles. The molecule has 2 aromatic rings. The number of nitrogens with zero attached hydrogens (tertiary/aromatic N) is 1. The van der Waals surface area contributed by atoms with Crippen molar-refractivity contribution in [1.29, 1.82) is 0 Å². The topological polar surface area (TPSA) is 41.6 Å². The van der Waals surface area contributed by atoms with Gasteiger partial charge in [-0.25, -0.2) is 0 Å². The third-order valence-electron chi connectivity index (χ3n) is 3.90. The third kappa shape index (κ3) is 3.85. The highest BCUT2D eigenvalue weighted by Gasteiger charge is 2.24. The van der Waals surface area contributed by atoms with Crippen LogP contribution in [0.1, 0.15) is 23.2 Å². The maximum absolute atomic E-state index is 12.3. The first-order valence-corrected chi connectivity index (χ1v) is 8.35. The molecule has 0 aliphatic heterocycles. The number of hydrogen-bond donors (Lipinski definition) is 1. The Morgan fingerprint density at radius 2 is 1.87 bits per heavy atom. The number of carbonyl (C=O) groups is 1. The maximum Gasteiger partial charge on any atom is 0.251 e. The molecule has 0 unspecified atom stereocenters. The number of anilines is 2. The van der Waals surface area contributed by atoms with Crippen molar-refractivity contribution in [3.8, 4) is 5.75 Å². The zero-order chi connectivity index (χ0) is 16.4. The fourth-order valence-corrected chi connectivity index (χ4v) is 2.83. The molecule has 23 heavy (non-hydrogen) atoms. The number of benzene rings is 2. The molecule has 0 radical (unpaired) electrons. The van der Waals surface area contributed by atoms with Crippen LogP contribution in [0.5, 0.6) is 5.75 Å². The van der Waals surface area contributed by atoms with Crippen LogP contribution >= 0.6 is 15.9 Å². The van der Waals surface area contributed by atoms with Crippen LogP contribution in [0, 0.1) is 0 Å². The molecule has 0 heterocycles. The summed E-state index contributed by atoms with van der Waals surface area (Å²) in [6.07, 6.45) is 2.16. The molecule has 1 N–H and O–H groups in total. The molecule has 120 valence electrons. The Morgan fingerprint density at radius 1 is 1.17 bits per heavy atom. The third-order valence-corrected chi connectivity index (χ3v) is 4.36. The predicted molar refractivity (Wildman–Crippen MR) is 95.7 cm³/mol. The second kappa shape index (κ2) is 6.62. The first-order chi connectivity index (χ1) is 11.1. The van der Waals surface area contributed by atoms with Crippen molar-refractivity contribution in [1.82, 2.24) is 5.32 Å². The first kappa shape index (κ1) is 15.9. The number of nitrogens with one attached hydrogen (secondary N) is 1. The van der Waals surface area contributed by atoms with Crippen LogP contribution in [0.2, 0.25) is 0 Å². The van der Waals surface area contributed by atoms with E-state index in [-0.39, 0.29) is 5.91 Å². The van der Waals surface area contributed by atoms with Crippen molar-refractivity contribution in [3.05, 3.63) is 52.5 Å². The smallest absolute Gasteiger partial charge is 0.251 e. The quantitative estimate of drug-likeness (QED) is 0.855. The van der Waals surface area contributed by atoms with Gasteiger partial charge in [0.1, 0.15) is 5.75 Å². The molecule has 0 atom stereocenters. The summed E-state index contributed by atoms with van der Waals surface area (Å²) in [7, 11) is 3.63. The minimum Gasteiger partial charge on any atom is -0.497 e. The zero-order valence-corrected chi connectivity index (χ0v) is 14.8. The van der Waals surface area contributed by atoms with E-state index in [1.54, 1.807) is 7.11 Å². The van der Waals surface area contributed by atoms with Crippen LogP contribution in [0.4, 0.5) is 11.4 Å². The Morgan fingerprint density at radius 3 is 2.48 bits per heavy atom. The zero-order valence-electron chi connectivity index (χ0n) is 13.2. The lowest BCUT2D eigenvalue weighted by atomic mass is 10.1. The Bertz CT molecular complexity index is 711. The van der Waals surface area contributed by atoms with Gasteiger partial charge >= 0.3 is 0 Å². The van der Waals surface area contributed by atoms with Gasteiger partial charge in [-0.15, -0.1) is 0 Å². The number of amides is 1. The van der Waals surface area contributed by atoms with Gasteiger partial charge in [-0.1, -0.05) is 15.9 Å². The molecule has 2 aromatic carbocycles. The van der Waals surface area contributed by atoms with E-state index in [1.807, 2.05) is 54.4 Å². The van der Waals surface area contributed by atoms with E-state index in [1.165, 1.54) is 0 Å². The number of carbonyl (C=O) groups excluding carboxylic acids is 1. The van der Waals surface area contributed by atoms with E-state index in [9.17, 15) is 4.79 Å². The monoisotopic (exact) mass is 374 g/mol. The molecule has 5 heteroatoms. The van der Waals surface area contributed by atoms with Gasteiger partial charge in [0.25, 0.3) is 5.91 Å². The summed E-state index contributed by atoms with van der Waals surface area (Å²) in [5, 5.41) is 3.02. The summed E-state index contributed by atoms with van der Waals surface area (Å²) in [5.74, 6) is 0.805. The van der Waals surface area contributed by atoms with E-state index in [0.29, 0.717) is 11.6 Å². The molecule has 1 amide bonds. The number of ether oxygens (including phenoxy) is 1. The number of hydrogen-bond acceptors (Lipinski definition) is 3. The van der Waals surface area contributed by atoms with Gasteiger partial charge in [-0.3, -0.25) is 4.79 Å². The molecule has 0 saturated heterocycles. The van der Waals surface area contributed by atoms with Gasteiger partial charge < -0.3 is 15.0 Å². The Hall–Kier alpha value is -2.01. The summed E-state index contributed by atoms with van der Waals surface area (Å²) in [5.41, 5.74) is 2.64. The van der Waals surface area contributed by atoms with E-state index in [4.69, 9.17) is 4.74 Å². The van der Waals surface area contributed by atoms with Gasteiger partial charge in [0.05, 0.1) is 7.11 Å².